The van der Waals surface area contributed by atoms with Crippen LogP contribution >= 0.6 is 0 Å². The van der Waals surface area contributed by atoms with Crippen LogP contribution in [0.25, 0.3) is 0 Å². The molecule has 0 amide bonds. The third-order valence-electron chi connectivity index (χ3n) is 5.65. The van der Waals surface area contributed by atoms with Gasteiger partial charge in [-0.3, -0.25) is 4.79 Å². The minimum absolute atomic E-state index is 0.0296. The molecule has 0 aliphatic carbocycles. The van der Waals surface area contributed by atoms with Gasteiger partial charge in [-0.15, -0.1) is 0 Å². The highest BCUT2D eigenvalue weighted by molar-refractivity contribution is 5.69. The molecule has 0 aromatic heterocycles. The van der Waals surface area contributed by atoms with Crippen molar-refractivity contribution in [1.29, 1.82) is 0 Å². The normalized spacial score (nSPS) is 11.3. The first-order valence-electron chi connectivity index (χ1n) is 12.4. The molecule has 0 N–H and O–H groups in total. The predicted molar refractivity (Wildman–Crippen MR) is 119 cm³/mol. The molecular weight excluding hydrogens is 332 g/mol. The van der Waals surface area contributed by atoms with Gasteiger partial charge in [0.2, 0.25) is 0 Å². The zero-order valence-corrected chi connectivity index (χ0v) is 19.0. The Morgan fingerprint density at radius 1 is 0.593 bits per heavy atom. The summed E-state index contributed by atoms with van der Waals surface area (Å²) in [5.74, 6) is 0.615. The van der Waals surface area contributed by atoms with Gasteiger partial charge in [-0.1, -0.05) is 117 Å². The fourth-order valence-corrected chi connectivity index (χ4v) is 3.72. The first kappa shape index (κ1) is 26.5. The number of ether oxygens (including phenoxy) is 1. The highest BCUT2D eigenvalue weighted by atomic mass is 16.5. The van der Waals surface area contributed by atoms with Gasteiger partial charge >= 0.3 is 5.97 Å². The van der Waals surface area contributed by atoms with Gasteiger partial charge in [-0.2, -0.15) is 0 Å². The lowest BCUT2D eigenvalue weighted by molar-refractivity contribution is -0.145. The van der Waals surface area contributed by atoms with E-state index in [1.165, 1.54) is 103 Å². The van der Waals surface area contributed by atoms with E-state index in [1.54, 1.807) is 0 Å². The SMILES string of the molecule is CCCCCCCCC(CCCCCCCC)COC(=O)CCCCCC. The highest BCUT2D eigenvalue weighted by Gasteiger charge is 2.12. The molecule has 0 aliphatic heterocycles. The molecule has 0 heterocycles. The van der Waals surface area contributed by atoms with Crippen molar-refractivity contribution >= 4 is 5.97 Å². The Bertz CT molecular complexity index is 285. The first-order chi connectivity index (χ1) is 13.2. The molecule has 0 bridgehead atoms. The summed E-state index contributed by atoms with van der Waals surface area (Å²) in [6.07, 6.45) is 23.9. The van der Waals surface area contributed by atoms with E-state index in [4.69, 9.17) is 4.74 Å². The molecular formula is C25H50O2. The molecule has 0 aromatic rings. The average molecular weight is 383 g/mol. The van der Waals surface area contributed by atoms with Crippen LogP contribution in [0.4, 0.5) is 0 Å². The van der Waals surface area contributed by atoms with Crippen LogP contribution in [-0.4, -0.2) is 12.6 Å². The zero-order valence-electron chi connectivity index (χ0n) is 19.0. The summed E-state index contributed by atoms with van der Waals surface area (Å²) in [7, 11) is 0. The van der Waals surface area contributed by atoms with Gasteiger partial charge in [-0.05, 0) is 25.2 Å². The van der Waals surface area contributed by atoms with Gasteiger partial charge in [0.05, 0.1) is 6.61 Å². The minimum atomic E-state index is 0.0296. The smallest absolute Gasteiger partial charge is 0.305 e. The van der Waals surface area contributed by atoms with Gasteiger partial charge in [0.1, 0.15) is 0 Å². The fourth-order valence-electron chi connectivity index (χ4n) is 3.72. The summed E-state index contributed by atoms with van der Waals surface area (Å²) in [6.45, 7) is 7.41. The van der Waals surface area contributed by atoms with Crippen LogP contribution in [0.3, 0.4) is 0 Å². The van der Waals surface area contributed by atoms with E-state index in [-0.39, 0.29) is 5.97 Å². The van der Waals surface area contributed by atoms with Gasteiger partial charge < -0.3 is 4.74 Å². The molecule has 2 nitrogen and oxygen atoms in total. The van der Waals surface area contributed by atoms with Crippen LogP contribution in [0, 0.1) is 5.92 Å². The third kappa shape index (κ3) is 20.0. The molecule has 0 rings (SSSR count). The van der Waals surface area contributed by atoms with Crippen molar-refractivity contribution in [3.05, 3.63) is 0 Å². The summed E-state index contributed by atoms with van der Waals surface area (Å²) < 4.78 is 5.64. The molecule has 0 atom stereocenters. The molecule has 0 aromatic carbocycles. The maximum Gasteiger partial charge on any atom is 0.305 e. The highest BCUT2D eigenvalue weighted by Crippen LogP contribution is 2.20. The molecule has 0 saturated heterocycles. The van der Waals surface area contributed by atoms with E-state index in [0.717, 1.165) is 12.8 Å². The van der Waals surface area contributed by atoms with Crippen LogP contribution in [0.5, 0.6) is 0 Å². The van der Waals surface area contributed by atoms with E-state index >= 15 is 0 Å². The molecule has 0 unspecified atom stereocenters. The topological polar surface area (TPSA) is 26.3 Å². The van der Waals surface area contributed by atoms with Crippen LogP contribution < -0.4 is 0 Å². The lowest BCUT2D eigenvalue weighted by atomic mass is 9.94. The second kappa shape index (κ2) is 21.8. The van der Waals surface area contributed by atoms with Crippen molar-refractivity contribution in [2.24, 2.45) is 5.92 Å². The third-order valence-corrected chi connectivity index (χ3v) is 5.65. The Labute approximate surface area is 171 Å². The summed E-state index contributed by atoms with van der Waals surface area (Å²) in [6, 6.07) is 0. The van der Waals surface area contributed by atoms with E-state index in [1.807, 2.05) is 0 Å². The molecule has 0 spiro atoms. The van der Waals surface area contributed by atoms with Gasteiger partial charge in [-0.25, -0.2) is 0 Å². The standard InChI is InChI=1S/C25H50O2/c1-4-7-10-13-15-17-20-24(21-18-16-14-11-8-5-2)23-27-25(26)22-19-12-9-6-3/h24H,4-23H2,1-3H3. The quantitative estimate of drug-likeness (QED) is 0.147. The number of hydrogen-bond donors (Lipinski definition) is 0. The summed E-state index contributed by atoms with van der Waals surface area (Å²) >= 11 is 0. The fraction of sp³-hybridized carbons (Fsp3) is 0.960. The monoisotopic (exact) mass is 382 g/mol. The minimum Gasteiger partial charge on any atom is -0.465 e. The maximum atomic E-state index is 12.0. The molecule has 0 radical (unpaired) electrons. The van der Waals surface area contributed by atoms with Crippen LogP contribution in [0.15, 0.2) is 0 Å². The summed E-state index contributed by atoms with van der Waals surface area (Å²) in [5.41, 5.74) is 0. The van der Waals surface area contributed by atoms with Gasteiger partial charge in [0.15, 0.2) is 0 Å². The van der Waals surface area contributed by atoms with E-state index in [9.17, 15) is 4.79 Å². The zero-order chi connectivity index (χ0) is 20.0. The molecule has 162 valence electrons. The number of carbonyl (C=O) groups excluding carboxylic acids is 1. The Morgan fingerprint density at radius 3 is 1.48 bits per heavy atom. The largest absolute Gasteiger partial charge is 0.465 e. The van der Waals surface area contributed by atoms with Crippen molar-refractivity contribution in [1.82, 2.24) is 0 Å². The lowest BCUT2D eigenvalue weighted by Gasteiger charge is -2.17. The summed E-state index contributed by atoms with van der Waals surface area (Å²) in [5, 5.41) is 0. The Balaban J connectivity index is 3.97. The molecule has 2 heteroatoms. The Hall–Kier alpha value is -0.530. The van der Waals surface area contributed by atoms with E-state index < -0.39 is 0 Å². The first-order valence-corrected chi connectivity index (χ1v) is 12.4. The van der Waals surface area contributed by atoms with Crippen LogP contribution in [-0.2, 0) is 9.53 Å². The number of unbranched alkanes of at least 4 members (excludes halogenated alkanes) is 13. The van der Waals surface area contributed by atoms with Crippen molar-refractivity contribution in [3.8, 4) is 0 Å². The average Bonchev–Trinajstić information content (AvgIpc) is 2.68. The number of hydrogen-bond acceptors (Lipinski definition) is 2. The van der Waals surface area contributed by atoms with Crippen molar-refractivity contribution in [2.75, 3.05) is 6.61 Å². The molecule has 27 heavy (non-hydrogen) atoms. The predicted octanol–water partition coefficient (Wildman–Crippen LogP) is 8.62. The number of rotatable bonds is 21. The number of carbonyl (C=O) groups is 1. The maximum absolute atomic E-state index is 12.0. The Morgan fingerprint density at radius 2 is 1.00 bits per heavy atom. The lowest BCUT2D eigenvalue weighted by Crippen LogP contribution is -2.14. The second-order valence-electron chi connectivity index (χ2n) is 8.47. The summed E-state index contributed by atoms with van der Waals surface area (Å²) in [4.78, 5) is 12.0. The second-order valence-corrected chi connectivity index (χ2v) is 8.47. The van der Waals surface area contributed by atoms with Gasteiger partial charge in [0, 0.05) is 6.42 Å². The van der Waals surface area contributed by atoms with Crippen molar-refractivity contribution < 1.29 is 9.53 Å². The Kier molecular flexibility index (Phi) is 21.3. The van der Waals surface area contributed by atoms with Crippen molar-refractivity contribution in [3.63, 3.8) is 0 Å². The molecule has 0 saturated carbocycles. The van der Waals surface area contributed by atoms with Crippen LogP contribution in [0.2, 0.25) is 0 Å². The van der Waals surface area contributed by atoms with E-state index in [2.05, 4.69) is 20.8 Å². The van der Waals surface area contributed by atoms with Crippen molar-refractivity contribution in [2.45, 2.75) is 143 Å². The van der Waals surface area contributed by atoms with Gasteiger partial charge in [0.25, 0.3) is 0 Å². The number of esters is 1. The van der Waals surface area contributed by atoms with Crippen LogP contribution in [0.1, 0.15) is 143 Å². The molecule has 0 aliphatic rings. The molecule has 0 fully saturated rings. The van der Waals surface area contributed by atoms with E-state index in [0.29, 0.717) is 18.9 Å².